The van der Waals surface area contributed by atoms with Crippen molar-refractivity contribution in [1.29, 1.82) is 0 Å². The first kappa shape index (κ1) is 15.4. The zero-order valence-electron chi connectivity index (χ0n) is 11.3. The lowest BCUT2D eigenvalue weighted by molar-refractivity contribution is -0.385. The third-order valence-corrected chi connectivity index (χ3v) is 3.59. The van der Waals surface area contributed by atoms with Gasteiger partial charge in [-0.2, -0.15) is 0 Å². The van der Waals surface area contributed by atoms with Gasteiger partial charge in [0.05, 0.1) is 10.5 Å². The van der Waals surface area contributed by atoms with Crippen LogP contribution in [0.4, 0.5) is 10.1 Å². The number of nitro benzene ring substituents is 1. The number of benzene rings is 2. The Hall–Kier alpha value is -1.95. The fourth-order valence-corrected chi connectivity index (χ4v) is 2.39. The van der Waals surface area contributed by atoms with E-state index in [1.54, 1.807) is 6.07 Å². The highest BCUT2D eigenvalue weighted by molar-refractivity contribution is 9.08. The number of nitrogens with zero attached hydrogens (tertiary/aromatic N) is 1. The van der Waals surface area contributed by atoms with Gasteiger partial charge >= 0.3 is 0 Å². The zero-order chi connectivity index (χ0) is 15.4. The van der Waals surface area contributed by atoms with Crippen molar-refractivity contribution in [3.63, 3.8) is 0 Å². The Kier molecular flexibility index (Phi) is 4.90. The van der Waals surface area contributed by atoms with E-state index in [0.717, 1.165) is 29.3 Å². The van der Waals surface area contributed by atoms with Gasteiger partial charge < -0.3 is 4.74 Å². The molecule has 21 heavy (non-hydrogen) atoms. The quantitative estimate of drug-likeness (QED) is 0.451. The Bertz CT molecular complexity index is 676. The second-order valence-corrected chi connectivity index (χ2v) is 5.12. The van der Waals surface area contributed by atoms with Crippen LogP contribution >= 0.6 is 15.9 Å². The minimum Gasteiger partial charge on any atom is -0.488 e. The Morgan fingerprint density at radius 2 is 2.00 bits per heavy atom. The predicted octanol–water partition coefficient (Wildman–Crippen LogP) is 4.52. The van der Waals surface area contributed by atoms with Gasteiger partial charge in [0.25, 0.3) is 5.69 Å². The molecule has 0 aliphatic carbocycles. The summed E-state index contributed by atoms with van der Waals surface area (Å²) in [7, 11) is 0. The van der Waals surface area contributed by atoms with Crippen molar-refractivity contribution in [2.24, 2.45) is 0 Å². The summed E-state index contributed by atoms with van der Waals surface area (Å²) in [6, 6.07) is 8.99. The summed E-state index contributed by atoms with van der Waals surface area (Å²) in [6.45, 7) is 1.91. The Morgan fingerprint density at radius 3 is 2.67 bits per heavy atom. The van der Waals surface area contributed by atoms with Crippen molar-refractivity contribution in [2.75, 3.05) is 0 Å². The standard InChI is InChI=1S/C15H13BrFNO3/c1-10-2-5-15(11(6-10)8-16)21-9-12-7-13(17)3-4-14(12)18(19)20/h2-7H,8-9H2,1H3. The van der Waals surface area contributed by atoms with Gasteiger partial charge in [-0.3, -0.25) is 10.1 Å². The Labute approximate surface area is 129 Å². The lowest BCUT2D eigenvalue weighted by Gasteiger charge is -2.11. The van der Waals surface area contributed by atoms with Crippen molar-refractivity contribution >= 4 is 21.6 Å². The third kappa shape index (κ3) is 3.78. The second kappa shape index (κ2) is 6.67. The summed E-state index contributed by atoms with van der Waals surface area (Å²) in [5.74, 6) is 0.0971. The molecular formula is C15H13BrFNO3. The Balaban J connectivity index is 2.24. The number of halogens is 2. The van der Waals surface area contributed by atoms with Crippen LogP contribution in [-0.2, 0) is 11.9 Å². The number of hydrogen-bond donors (Lipinski definition) is 0. The van der Waals surface area contributed by atoms with Crippen LogP contribution in [0.2, 0.25) is 0 Å². The number of hydrogen-bond acceptors (Lipinski definition) is 3. The normalized spacial score (nSPS) is 10.4. The Morgan fingerprint density at radius 1 is 1.24 bits per heavy atom. The van der Waals surface area contributed by atoms with Crippen LogP contribution in [0.3, 0.4) is 0 Å². The summed E-state index contributed by atoms with van der Waals surface area (Å²) in [4.78, 5) is 10.4. The maximum Gasteiger partial charge on any atom is 0.276 e. The van der Waals surface area contributed by atoms with E-state index in [1.807, 2.05) is 19.1 Å². The summed E-state index contributed by atoms with van der Waals surface area (Å²) >= 11 is 3.37. The molecule has 0 amide bonds. The molecule has 2 rings (SSSR count). The number of aryl methyl sites for hydroxylation is 1. The molecule has 0 atom stereocenters. The lowest BCUT2D eigenvalue weighted by Crippen LogP contribution is -2.02. The molecule has 0 fully saturated rings. The maximum atomic E-state index is 13.2. The third-order valence-electron chi connectivity index (χ3n) is 2.98. The summed E-state index contributed by atoms with van der Waals surface area (Å²) in [6.07, 6.45) is 0. The molecule has 4 nitrogen and oxygen atoms in total. The minimum absolute atomic E-state index is 0.0584. The van der Waals surface area contributed by atoms with Crippen LogP contribution in [0.1, 0.15) is 16.7 Å². The lowest BCUT2D eigenvalue weighted by atomic mass is 10.1. The van der Waals surface area contributed by atoms with Gasteiger partial charge in [-0.15, -0.1) is 0 Å². The number of ether oxygens (including phenoxy) is 1. The minimum atomic E-state index is -0.543. The topological polar surface area (TPSA) is 52.4 Å². The molecular weight excluding hydrogens is 341 g/mol. The monoisotopic (exact) mass is 353 g/mol. The van der Waals surface area contributed by atoms with Gasteiger partial charge in [-0.25, -0.2) is 4.39 Å². The first-order valence-electron chi connectivity index (χ1n) is 6.22. The van der Waals surface area contributed by atoms with Crippen LogP contribution in [0.5, 0.6) is 5.75 Å². The smallest absolute Gasteiger partial charge is 0.276 e. The molecule has 0 heterocycles. The van der Waals surface area contributed by atoms with E-state index in [4.69, 9.17) is 4.74 Å². The van der Waals surface area contributed by atoms with Gasteiger partial charge in [-0.1, -0.05) is 33.6 Å². The average molecular weight is 354 g/mol. The van der Waals surface area contributed by atoms with Gasteiger partial charge in [0.15, 0.2) is 0 Å². The van der Waals surface area contributed by atoms with E-state index >= 15 is 0 Å². The first-order chi connectivity index (χ1) is 10.0. The van der Waals surface area contributed by atoms with Crippen molar-refractivity contribution in [3.05, 3.63) is 69.0 Å². The van der Waals surface area contributed by atoms with Crippen LogP contribution in [0, 0.1) is 22.9 Å². The maximum absolute atomic E-state index is 13.2. The van der Waals surface area contributed by atoms with Gasteiger partial charge in [-0.05, 0) is 25.1 Å². The van der Waals surface area contributed by atoms with E-state index in [-0.39, 0.29) is 17.9 Å². The predicted molar refractivity (Wildman–Crippen MR) is 81.2 cm³/mol. The van der Waals surface area contributed by atoms with Gasteiger partial charge in [0, 0.05) is 17.0 Å². The second-order valence-electron chi connectivity index (χ2n) is 4.56. The van der Waals surface area contributed by atoms with Crippen molar-refractivity contribution in [1.82, 2.24) is 0 Å². The first-order valence-corrected chi connectivity index (χ1v) is 7.34. The average Bonchev–Trinajstić information content (AvgIpc) is 2.45. The summed E-state index contributed by atoms with van der Waals surface area (Å²) < 4.78 is 18.9. The highest BCUT2D eigenvalue weighted by atomic mass is 79.9. The van der Waals surface area contributed by atoms with Crippen molar-refractivity contribution in [2.45, 2.75) is 18.9 Å². The molecule has 0 bridgehead atoms. The van der Waals surface area contributed by atoms with Crippen molar-refractivity contribution in [3.8, 4) is 5.75 Å². The van der Waals surface area contributed by atoms with Crippen LogP contribution in [0.15, 0.2) is 36.4 Å². The largest absolute Gasteiger partial charge is 0.488 e. The van der Waals surface area contributed by atoms with E-state index in [9.17, 15) is 14.5 Å². The molecule has 0 N–H and O–H groups in total. The van der Waals surface area contributed by atoms with Crippen LogP contribution in [0.25, 0.3) is 0 Å². The molecule has 0 aliphatic heterocycles. The zero-order valence-corrected chi connectivity index (χ0v) is 12.9. The number of alkyl halides is 1. The molecule has 2 aromatic carbocycles. The van der Waals surface area contributed by atoms with Gasteiger partial charge in [0.2, 0.25) is 0 Å². The van der Waals surface area contributed by atoms with E-state index < -0.39 is 10.7 Å². The molecule has 0 radical (unpaired) electrons. The molecule has 2 aromatic rings. The van der Waals surface area contributed by atoms with Crippen LogP contribution in [-0.4, -0.2) is 4.92 Å². The molecule has 0 saturated carbocycles. The summed E-state index contributed by atoms with van der Waals surface area (Å²) in [5, 5.41) is 11.5. The summed E-state index contributed by atoms with van der Waals surface area (Å²) in [5.41, 5.74) is 2.09. The molecule has 0 unspecified atom stereocenters. The number of nitro groups is 1. The number of rotatable bonds is 5. The molecule has 0 spiro atoms. The molecule has 0 aromatic heterocycles. The van der Waals surface area contributed by atoms with Crippen LogP contribution < -0.4 is 4.74 Å². The highest BCUT2D eigenvalue weighted by Gasteiger charge is 2.15. The van der Waals surface area contributed by atoms with Crippen molar-refractivity contribution < 1.29 is 14.1 Å². The van der Waals surface area contributed by atoms with E-state index in [2.05, 4.69) is 15.9 Å². The fraction of sp³-hybridized carbons (Fsp3) is 0.200. The molecule has 6 heteroatoms. The van der Waals surface area contributed by atoms with Gasteiger partial charge in [0.1, 0.15) is 18.2 Å². The fourth-order valence-electron chi connectivity index (χ4n) is 1.96. The molecule has 110 valence electrons. The van der Waals surface area contributed by atoms with E-state index in [0.29, 0.717) is 11.1 Å². The highest BCUT2D eigenvalue weighted by Crippen LogP contribution is 2.26. The van der Waals surface area contributed by atoms with E-state index in [1.165, 1.54) is 0 Å². The molecule has 0 saturated heterocycles. The molecule has 0 aliphatic rings. The SMILES string of the molecule is Cc1ccc(OCc2cc(F)ccc2[N+](=O)[O-])c(CBr)c1.